The standard InChI is InChI=1S/C30H33NO7/c1-4-6-16-38-24-14-11-21(18-25(24)35-3)27-26(28(32)20-9-12-22(13-10-20)36-15-5-2)29(33)30(34)31(27)19-23-8-7-17-37-23/h7-14,17-18,27,32H,4-6,15-16,19H2,1-3H3. The largest absolute Gasteiger partial charge is 0.507 e. The molecule has 0 radical (unpaired) electrons. The van der Waals surface area contributed by atoms with Crippen molar-refractivity contribution in [2.24, 2.45) is 0 Å². The molecule has 1 N–H and O–H groups in total. The van der Waals surface area contributed by atoms with Gasteiger partial charge in [-0.1, -0.05) is 26.3 Å². The SMILES string of the molecule is CCCCOc1ccc(C2C(=C(O)c3ccc(OCCC)cc3)C(=O)C(=O)N2Cc2ccco2)cc1OC. The lowest BCUT2D eigenvalue weighted by atomic mass is 9.95. The normalized spacial score (nSPS) is 16.6. The number of amides is 1. The minimum Gasteiger partial charge on any atom is -0.507 e. The first-order valence-corrected chi connectivity index (χ1v) is 12.8. The molecule has 3 aromatic rings. The number of unbranched alkanes of at least 4 members (excludes halogenated alkanes) is 1. The van der Waals surface area contributed by atoms with Gasteiger partial charge in [-0.05, 0) is 66.9 Å². The monoisotopic (exact) mass is 519 g/mol. The Balaban J connectivity index is 1.77. The maximum absolute atomic E-state index is 13.3. The predicted octanol–water partition coefficient (Wildman–Crippen LogP) is 5.88. The Morgan fingerprint density at radius 2 is 1.76 bits per heavy atom. The summed E-state index contributed by atoms with van der Waals surface area (Å²) < 4.78 is 22.5. The number of Topliss-reactive ketones (excluding diaryl/α,β-unsaturated/α-hetero) is 1. The highest BCUT2D eigenvalue weighted by Gasteiger charge is 2.46. The van der Waals surface area contributed by atoms with Crippen molar-refractivity contribution in [3.63, 3.8) is 0 Å². The van der Waals surface area contributed by atoms with Crippen LogP contribution in [-0.2, 0) is 16.1 Å². The van der Waals surface area contributed by atoms with Crippen LogP contribution in [0.1, 0.15) is 56.0 Å². The van der Waals surface area contributed by atoms with E-state index in [1.165, 1.54) is 18.3 Å². The molecule has 0 aliphatic carbocycles. The minimum absolute atomic E-state index is 0.00881. The van der Waals surface area contributed by atoms with E-state index in [2.05, 4.69) is 6.92 Å². The van der Waals surface area contributed by atoms with Gasteiger partial charge < -0.3 is 28.6 Å². The first-order valence-electron chi connectivity index (χ1n) is 12.8. The molecule has 8 heteroatoms. The second-order valence-corrected chi connectivity index (χ2v) is 8.99. The van der Waals surface area contributed by atoms with Crippen molar-refractivity contribution in [2.45, 2.75) is 45.7 Å². The molecule has 1 fully saturated rings. The van der Waals surface area contributed by atoms with Gasteiger partial charge in [-0.15, -0.1) is 0 Å². The average molecular weight is 520 g/mol. The molecule has 38 heavy (non-hydrogen) atoms. The first kappa shape index (κ1) is 26.9. The number of hydrogen-bond donors (Lipinski definition) is 1. The molecule has 1 saturated heterocycles. The van der Waals surface area contributed by atoms with Crippen LogP contribution < -0.4 is 14.2 Å². The van der Waals surface area contributed by atoms with Crippen LogP contribution in [0.4, 0.5) is 0 Å². The molecule has 1 atom stereocenters. The summed E-state index contributed by atoms with van der Waals surface area (Å²) in [4.78, 5) is 28.0. The van der Waals surface area contributed by atoms with Gasteiger partial charge in [0.05, 0.1) is 44.7 Å². The van der Waals surface area contributed by atoms with Gasteiger partial charge >= 0.3 is 0 Å². The molecule has 1 unspecified atom stereocenters. The molecule has 1 amide bonds. The van der Waals surface area contributed by atoms with E-state index in [4.69, 9.17) is 18.6 Å². The van der Waals surface area contributed by atoms with E-state index in [9.17, 15) is 14.7 Å². The van der Waals surface area contributed by atoms with E-state index in [1.807, 2.05) is 6.92 Å². The number of hydrogen-bond acceptors (Lipinski definition) is 7. The number of likely N-dealkylation sites (tertiary alicyclic amines) is 1. The number of carbonyl (C=O) groups excluding carboxylic acids is 2. The Labute approximate surface area is 222 Å². The molecule has 1 aromatic heterocycles. The summed E-state index contributed by atoms with van der Waals surface area (Å²) >= 11 is 0. The fraction of sp³-hybridized carbons (Fsp3) is 0.333. The van der Waals surface area contributed by atoms with Crippen LogP contribution >= 0.6 is 0 Å². The van der Waals surface area contributed by atoms with Gasteiger partial charge in [0.1, 0.15) is 17.3 Å². The second-order valence-electron chi connectivity index (χ2n) is 8.99. The van der Waals surface area contributed by atoms with E-state index in [0.717, 1.165) is 19.3 Å². The third-order valence-corrected chi connectivity index (χ3v) is 6.31. The van der Waals surface area contributed by atoms with Gasteiger partial charge in [0, 0.05) is 5.56 Å². The van der Waals surface area contributed by atoms with Gasteiger partial charge in [0.15, 0.2) is 11.5 Å². The maximum Gasteiger partial charge on any atom is 0.296 e. The second kappa shape index (κ2) is 12.4. The number of methoxy groups -OCH3 is 1. The van der Waals surface area contributed by atoms with Gasteiger partial charge in [-0.25, -0.2) is 0 Å². The number of aliphatic hydroxyl groups excluding tert-OH is 1. The summed E-state index contributed by atoms with van der Waals surface area (Å²) in [5.41, 5.74) is 0.992. The van der Waals surface area contributed by atoms with Crippen molar-refractivity contribution in [3.05, 3.63) is 83.3 Å². The molecule has 8 nitrogen and oxygen atoms in total. The van der Waals surface area contributed by atoms with Crippen LogP contribution in [0.25, 0.3) is 5.76 Å². The molecule has 200 valence electrons. The Morgan fingerprint density at radius 1 is 0.974 bits per heavy atom. The molecule has 4 rings (SSSR count). The highest BCUT2D eigenvalue weighted by atomic mass is 16.5. The summed E-state index contributed by atoms with van der Waals surface area (Å²) in [5, 5.41) is 11.3. The van der Waals surface area contributed by atoms with Crippen molar-refractivity contribution >= 4 is 17.4 Å². The lowest BCUT2D eigenvalue weighted by Crippen LogP contribution is -2.29. The number of ether oxygens (including phenoxy) is 3. The van der Waals surface area contributed by atoms with E-state index in [-0.39, 0.29) is 17.9 Å². The highest BCUT2D eigenvalue weighted by Crippen LogP contribution is 2.43. The quantitative estimate of drug-likeness (QED) is 0.138. The average Bonchev–Trinajstić information content (AvgIpc) is 3.54. The zero-order valence-corrected chi connectivity index (χ0v) is 21.9. The van der Waals surface area contributed by atoms with Crippen LogP contribution in [0.5, 0.6) is 17.2 Å². The van der Waals surface area contributed by atoms with Crippen molar-refractivity contribution in [2.75, 3.05) is 20.3 Å². The van der Waals surface area contributed by atoms with Gasteiger partial charge in [0.2, 0.25) is 0 Å². The molecule has 0 bridgehead atoms. The molecule has 0 saturated carbocycles. The Morgan fingerprint density at radius 3 is 2.42 bits per heavy atom. The smallest absolute Gasteiger partial charge is 0.296 e. The fourth-order valence-corrected chi connectivity index (χ4v) is 4.34. The molecule has 2 aromatic carbocycles. The summed E-state index contributed by atoms with van der Waals surface area (Å²) in [7, 11) is 1.54. The van der Waals surface area contributed by atoms with Crippen molar-refractivity contribution in [1.29, 1.82) is 0 Å². The van der Waals surface area contributed by atoms with Crippen molar-refractivity contribution in [3.8, 4) is 17.2 Å². The van der Waals surface area contributed by atoms with E-state index in [1.54, 1.807) is 54.6 Å². The highest BCUT2D eigenvalue weighted by molar-refractivity contribution is 6.46. The van der Waals surface area contributed by atoms with Crippen LogP contribution in [0, 0.1) is 0 Å². The number of aliphatic hydroxyl groups is 1. The molecule has 1 aliphatic rings. The molecular formula is C30H33NO7. The number of carbonyl (C=O) groups is 2. The fourth-order valence-electron chi connectivity index (χ4n) is 4.34. The molecular weight excluding hydrogens is 486 g/mol. The van der Waals surface area contributed by atoms with Crippen LogP contribution in [0.15, 0.2) is 70.9 Å². The third-order valence-electron chi connectivity index (χ3n) is 6.31. The lowest BCUT2D eigenvalue weighted by molar-refractivity contribution is -0.140. The molecule has 1 aliphatic heterocycles. The van der Waals surface area contributed by atoms with Crippen molar-refractivity contribution in [1.82, 2.24) is 4.90 Å². The van der Waals surface area contributed by atoms with E-state index in [0.29, 0.717) is 47.3 Å². The molecule has 0 spiro atoms. The van der Waals surface area contributed by atoms with Crippen LogP contribution in [0.3, 0.4) is 0 Å². The predicted molar refractivity (Wildman–Crippen MR) is 142 cm³/mol. The number of benzene rings is 2. The summed E-state index contributed by atoms with van der Waals surface area (Å²) in [6.45, 7) is 5.27. The van der Waals surface area contributed by atoms with Crippen molar-refractivity contribution < 1.29 is 33.3 Å². The van der Waals surface area contributed by atoms with Crippen LogP contribution in [-0.4, -0.2) is 42.0 Å². The number of nitrogens with zero attached hydrogens (tertiary/aromatic N) is 1. The zero-order chi connectivity index (χ0) is 27.1. The first-order chi connectivity index (χ1) is 18.5. The van der Waals surface area contributed by atoms with Gasteiger partial charge in [-0.2, -0.15) is 0 Å². The number of furan rings is 1. The number of rotatable bonds is 12. The lowest BCUT2D eigenvalue weighted by Gasteiger charge is -2.25. The van der Waals surface area contributed by atoms with E-state index >= 15 is 0 Å². The number of ketones is 1. The summed E-state index contributed by atoms with van der Waals surface area (Å²) in [6, 6.07) is 14.7. The topological polar surface area (TPSA) is 98.4 Å². The summed E-state index contributed by atoms with van der Waals surface area (Å²) in [6.07, 6.45) is 4.27. The van der Waals surface area contributed by atoms with Crippen LogP contribution in [0.2, 0.25) is 0 Å². The Bertz CT molecular complexity index is 1280. The molecule has 2 heterocycles. The Hall–Kier alpha value is -4.20. The maximum atomic E-state index is 13.3. The van der Waals surface area contributed by atoms with E-state index < -0.39 is 17.7 Å². The zero-order valence-electron chi connectivity index (χ0n) is 21.9. The van der Waals surface area contributed by atoms with Gasteiger partial charge in [-0.3, -0.25) is 9.59 Å². The summed E-state index contributed by atoms with van der Waals surface area (Å²) in [5.74, 6) is 0.447. The minimum atomic E-state index is -0.866. The third kappa shape index (κ3) is 5.69. The Kier molecular flexibility index (Phi) is 8.73. The van der Waals surface area contributed by atoms with Gasteiger partial charge in [0.25, 0.3) is 11.7 Å².